The Bertz CT molecular complexity index is 845. The summed E-state index contributed by atoms with van der Waals surface area (Å²) in [5, 5.41) is 15.6. The lowest BCUT2D eigenvalue weighted by Gasteiger charge is -2.36. The molecule has 1 aromatic carbocycles. The van der Waals surface area contributed by atoms with Gasteiger partial charge in [-0.05, 0) is 63.6 Å². The highest BCUT2D eigenvalue weighted by molar-refractivity contribution is 5.92. The molecule has 1 rings (SSSR count). The van der Waals surface area contributed by atoms with Gasteiger partial charge in [-0.1, -0.05) is 58.2 Å². The Labute approximate surface area is 217 Å². The molecule has 8 heteroatoms. The predicted molar refractivity (Wildman–Crippen MR) is 143 cm³/mol. The van der Waals surface area contributed by atoms with Gasteiger partial charge in [-0.2, -0.15) is 0 Å². The van der Waals surface area contributed by atoms with E-state index in [1.807, 2.05) is 45.9 Å². The first-order valence-corrected chi connectivity index (χ1v) is 13.1. The third kappa shape index (κ3) is 9.45. The van der Waals surface area contributed by atoms with Gasteiger partial charge >= 0.3 is 6.09 Å². The number of carbonyl (C=O) groups is 3. The molecule has 3 amide bonds. The second-order valence-electron chi connectivity index (χ2n) is 10.5. The van der Waals surface area contributed by atoms with Crippen LogP contribution in [0.4, 0.5) is 4.79 Å². The number of aliphatic hydroxyl groups is 1. The van der Waals surface area contributed by atoms with Crippen molar-refractivity contribution in [3.63, 3.8) is 0 Å². The molecule has 3 unspecified atom stereocenters. The first-order valence-electron chi connectivity index (χ1n) is 13.1. The lowest BCUT2D eigenvalue weighted by molar-refractivity contribution is -0.144. The van der Waals surface area contributed by atoms with Gasteiger partial charge in [0.1, 0.15) is 17.7 Å². The number of carbonyl (C=O) groups excluding carboxylic acids is 3. The fraction of sp³-hybridized carbons (Fsp3) is 0.679. The summed E-state index contributed by atoms with van der Waals surface area (Å²) in [6.45, 7) is 15.1. The summed E-state index contributed by atoms with van der Waals surface area (Å²) in [6.07, 6.45) is 2.78. The van der Waals surface area contributed by atoms with E-state index in [1.54, 1.807) is 20.8 Å². The van der Waals surface area contributed by atoms with Crippen LogP contribution in [0.1, 0.15) is 90.0 Å². The van der Waals surface area contributed by atoms with E-state index in [2.05, 4.69) is 17.6 Å². The Kier molecular flexibility index (Phi) is 12.9. The summed E-state index contributed by atoms with van der Waals surface area (Å²) in [7, 11) is 0. The number of aryl methyl sites for hydroxylation is 2. The van der Waals surface area contributed by atoms with Gasteiger partial charge in [-0.25, -0.2) is 4.79 Å². The number of hydrogen-bond donors (Lipinski definition) is 3. The summed E-state index contributed by atoms with van der Waals surface area (Å²) in [5.74, 6) is -0.955. The molecule has 0 fully saturated rings. The van der Waals surface area contributed by atoms with E-state index in [0.717, 1.165) is 36.0 Å². The Morgan fingerprint density at radius 3 is 2.19 bits per heavy atom. The zero-order valence-corrected chi connectivity index (χ0v) is 23.4. The minimum Gasteiger partial charge on any atom is -0.444 e. The summed E-state index contributed by atoms with van der Waals surface area (Å²) in [4.78, 5) is 41.7. The molecule has 8 nitrogen and oxygen atoms in total. The molecule has 0 aliphatic heterocycles. The second-order valence-corrected chi connectivity index (χ2v) is 10.5. The van der Waals surface area contributed by atoms with Gasteiger partial charge in [0, 0.05) is 13.1 Å². The second kappa shape index (κ2) is 14.8. The van der Waals surface area contributed by atoms with Crippen LogP contribution in [-0.2, 0) is 14.3 Å². The molecule has 1 aromatic rings. The van der Waals surface area contributed by atoms with Crippen molar-refractivity contribution >= 4 is 17.9 Å². The van der Waals surface area contributed by atoms with Gasteiger partial charge < -0.3 is 25.4 Å². The number of nitrogens with one attached hydrogen (secondary N) is 2. The number of rotatable bonds is 13. The molecule has 0 spiro atoms. The molecule has 0 saturated carbocycles. The standard InChI is InChI=1S/C28H47N3O5/c1-9-11-12-16-29-25(33)24(22-20(4)14-13-15-21(22)5)31(17-18-32)26(34)23(19(3)10-2)30-27(35)36-28(6,7)8/h13-15,19,23-24,32H,9-12,16-18H2,1-8H3,(H,29,33)(H,30,35). The number of nitrogens with zero attached hydrogens (tertiary/aromatic N) is 1. The van der Waals surface area contributed by atoms with E-state index in [0.29, 0.717) is 13.0 Å². The maximum absolute atomic E-state index is 14.0. The highest BCUT2D eigenvalue weighted by Gasteiger charge is 2.38. The summed E-state index contributed by atoms with van der Waals surface area (Å²) in [5.41, 5.74) is 1.75. The van der Waals surface area contributed by atoms with Gasteiger partial charge in [0.15, 0.2) is 0 Å². The van der Waals surface area contributed by atoms with Gasteiger partial charge in [0.05, 0.1) is 6.61 Å². The quantitative estimate of drug-likeness (QED) is 0.344. The number of aliphatic hydroxyl groups excluding tert-OH is 1. The van der Waals surface area contributed by atoms with E-state index >= 15 is 0 Å². The minimum absolute atomic E-state index is 0.0530. The van der Waals surface area contributed by atoms with Gasteiger partial charge in [-0.3, -0.25) is 9.59 Å². The van der Waals surface area contributed by atoms with Crippen LogP contribution >= 0.6 is 0 Å². The number of hydrogen-bond acceptors (Lipinski definition) is 5. The number of unbranched alkanes of at least 4 members (excludes halogenated alkanes) is 2. The van der Waals surface area contributed by atoms with E-state index in [4.69, 9.17) is 4.74 Å². The van der Waals surface area contributed by atoms with Crippen molar-refractivity contribution in [2.45, 2.75) is 98.8 Å². The fourth-order valence-corrected chi connectivity index (χ4v) is 4.14. The summed E-state index contributed by atoms with van der Waals surface area (Å²) >= 11 is 0. The summed E-state index contributed by atoms with van der Waals surface area (Å²) < 4.78 is 5.41. The van der Waals surface area contributed by atoms with E-state index < -0.39 is 29.7 Å². The largest absolute Gasteiger partial charge is 0.444 e. The first kappa shape index (κ1) is 31.4. The van der Waals surface area contributed by atoms with Crippen LogP contribution in [0.3, 0.4) is 0 Å². The molecule has 0 aliphatic rings. The molecule has 0 aromatic heterocycles. The van der Waals surface area contributed by atoms with Gasteiger partial charge in [0.2, 0.25) is 11.8 Å². The zero-order valence-electron chi connectivity index (χ0n) is 23.4. The molecular formula is C28H47N3O5. The van der Waals surface area contributed by atoms with Crippen molar-refractivity contribution < 1.29 is 24.2 Å². The molecule has 3 atom stereocenters. The van der Waals surface area contributed by atoms with Crippen molar-refractivity contribution in [3.05, 3.63) is 34.9 Å². The number of ether oxygens (including phenoxy) is 1. The third-order valence-corrected chi connectivity index (χ3v) is 6.23. The van der Waals surface area contributed by atoms with Crippen LogP contribution in [0.25, 0.3) is 0 Å². The van der Waals surface area contributed by atoms with Crippen LogP contribution in [0.2, 0.25) is 0 Å². The SMILES string of the molecule is CCCCCNC(=O)C(c1c(C)cccc1C)N(CCO)C(=O)C(NC(=O)OC(C)(C)C)C(C)CC. The van der Waals surface area contributed by atoms with Crippen LogP contribution in [0.5, 0.6) is 0 Å². The predicted octanol–water partition coefficient (Wildman–Crippen LogP) is 4.41. The van der Waals surface area contributed by atoms with Crippen LogP contribution in [0.15, 0.2) is 18.2 Å². The maximum atomic E-state index is 14.0. The van der Waals surface area contributed by atoms with Crippen molar-refractivity contribution in [2.75, 3.05) is 19.7 Å². The van der Waals surface area contributed by atoms with Crippen molar-refractivity contribution in [3.8, 4) is 0 Å². The first-order chi connectivity index (χ1) is 16.9. The minimum atomic E-state index is -0.945. The number of amides is 3. The molecule has 0 saturated heterocycles. The van der Waals surface area contributed by atoms with E-state index in [1.165, 1.54) is 4.90 Å². The zero-order chi connectivity index (χ0) is 27.5. The molecular weight excluding hydrogens is 458 g/mol. The van der Waals surface area contributed by atoms with Crippen molar-refractivity contribution in [1.29, 1.82) is 0 Å². The highest BCUT2D eigenvalue weighted by atomic mass is 16.6. The normalized spacial score (nSPS) is 13.9. The Morgan fingerprint density at radius 1 is 1.08 bits per heavy atom. The highest BCUT2D eigenvalue weighted by Crippen LogP contribution is 2.29. The maximum Gasteiger partial charge on any atom is 0.408 e. The Morgan fingerprint density at radius 2 is 1.69 bits per heavy atom. The molecule has 0 radical (unpaired) electrons. The topological polar surface area (TPSA) is 108 Å². The van der Waals surface area contributed by atoms with Crippen LogP contribution in [-0.4, -0.2) is 59.3 Å². The monoisotopic (exact) mass is 505 g/mol. The molecule has 204 valence electrons. The molecule has 0 bridgehead atoms. The molecule has 36 heavy (non-hydrogen) atoms. The lowest BCUT2D eigenvalue weighted by Crippen LogP contribution is -2.56. The summed E-state index contributed by atoms with van der Waals surface area (Å²) in [6, 6.07) is 3.86. The Hall–Kier alpha value is -2.61. The average Bonchev–Trinajstić information content (AvgIpc) is 2.79. The van der Waals surface area contributed by atoms with Crippen molar-refractivity contribution in [2.24, 2.45) is 5.92 Å². The fourth-order valence-electron chi connectivity index (χ4n) is 4.14. The van der Waals surface area contributed by atoms with E-state index in [-0.39, 0.29) is 25.0 Å². The van der Waals surface area contributed by atoms with Gasteiger partial charge in [-0.15, -0.1) is 0 Å². The number of alkyl carbamates (subject to hydrolysis) is 1. The molecule has 3 N–H and O–H groups in total. The van der Waals surface area contributed by atoms with Crippen molar-refractivity contribution in [1.82, 2.24) is 15.5 Å². The smallest absolute Gasteiger partial charge is 0.408 e. The molecule has 0 heterocycles. The molecule has 0 aliphatic carbocycles. The Balaban J connectivity index is 3.48. The van der Waals surface area contributed by atoms with Gasteiger partial charge in [0.25, 0.3) is 0 Å². The number of benzene rings is 1. The van der Waals surface area contributed by atoms with Crippen LogP contribution < -0.4 is 10.6 Å². The van der Waals surface area contributed by atoms with Crippen LogP contribution in [0, 0.1) is 19.8 Å². The average molecular weight is 506 g/mol. The lowest BCUT2D eigenvalue weighted by atomic mass is 9.92. The van der Waals surface area contributed by atoms with E-state index in [9.17, 15) is 19.5 Å². The third-order valence-electron chi connectivity index (χ3n) is 6.23.